The van der Waals surface area contributed by atoms with Gasteiger partial charge >= 0.3 is 8.03 Å². The molecule has 1 saturated heterocycles. The first-order valence-corrected chi connectivity index (χ1v) is 12.7. The molecule has 2 aromatic rings. The topological polar surface area (TPSA) is 175 Å². The summed E-state index contributed by atoms with van der Waals surface area (Å²) >= 11 is 0. The lowest BCUT2D eigenvalue weighted by molar-refractivity contribution is -0.0700. The molecule has 34 heavy (non-hydrogen) atoms. The molecular weight excluding hydrogens is 465 g/mol. The van der Waals surface area contributed by atoms with Gasteiger partial charge in [0.2, 0.25) is 5.95 Å². The van der Waals surface area contributed by atoms with E-state index in [1.54, 1.807) is 13.8 Å². The molecule has 3 rings (SSSR count). The van der Waals surface area contributed by atoms with Crippen LogP contribution in [-0.4, -0.2) is 63.7 Å². The number of fused-ring (bicyclic) bond motifs is 1. The van der Waals surface area contributed by atoms with Crippen molar-refractivity contribution in [1.29, 1.82) is 0 Å². The Morgan fingerprint density at radius 3 is 2.35 bits per heavy atom. The normalized spacial score (nSPS) is 24.2. The SMILES string of the molecule is CCC(CC)(C[C@H]1OC(n2cnc3c(=O)n(C)c(N)nc32)[C@H](O)[C@@H]1O)O[P+](=O)C(O)(CC)CC. The first-order chi connectivity index (χ1) is 16.0. The van der Waals surface area contributed by atoms with Crippen molar-refractivity contribution in [3.8, 4) is 0 Å². The minimum Gasteiger partial charge on any atom is -0.388 e. The second-order valence-corrected chi connectivity index (χ2v) is 10.4. The average Bonchev–Trinajstić information content (AvgIpc) is 3.37. The largest absolute Gasteiger partial charge is 0.544 e. The number of hydrogen-bond acceptors (Lipinski definition) is 10. The van der Waals surface area contributed by atoms with E-state index >= 15 is 0 Å². The second kappa shape index (κ2) is 9.96. The van der Waals surface area contributed by atoms with Crippen LogP contribution in [0.15, 0.2) is 11.1 Å². The number of aliphatic hydroxyl groups excluding tert-OH is 2. The Kier molecular flexibility index (Phi) is 7.81. The van der Waals surface area contributed by atoms with Gasteiger partial charge in [-0.05, 0) is 17.4 Å². The van der Waals surface area contributed by atoms with E-state index in [-0.39, 0.29) is 36.4 Å². The summed E-state index contributed by atoms with van der Waals surface area (Å²) in [5, 5.41) is 30.8. The Morgan fingerprint density at radius 1 is 1.18 bits per heavy atom. The van der Waals surface area contributed by atoms with Crippen molar-refractivity contribution in [3.05, 3.63) is 16.7 Å². The molecule has 3 heterocycles. The van der Waals surface area contributed by atoms with Crippen LogP contribution in [-0.2, 0) is 20.9 Å². The van der Waals surface area contributed by atoms with Gasteiger partial charge < -0.3 is 25.8 Å². The van der Waals surface area contributed by atoms with Crippen LogP contribution in [0.5, 0.6) is 0 Å². The molecular formula is C21H35N5O7P+. The summed E-state index contributed by atoms with van der Waals surface area (Å²) in [6.07, 6.45) is -1.71. The van der Waals surface area contributed by atoms with Crippen LogP contribution in [0.2, 0.25) is 0 Å². The number of imidazole rings is 1. The molecule has 12 nitrogen and oxygen atoms in total. The third-order valence-electron chi connectivity index (χ3n) is 7.06. The highest BCUT2D eigenvalue weighted by Gasteiger charge is 2.54. The zero-order chi connectivity index (χ0) is 25.4. The zero-order valence-corrected chi connectivity index (χ0v) is 21.1. The summed E-state index contributed by atoms with van der Waals surface area (Å²) in [6, 6.07) is 0. The lowest BCUT2D eigenvalue weighted by atomic mass is 9.88. The second-order valence-electron chi connectivity index (χ2n) is 8.84. The van der Waals surface area contributed by atoms with Gasteiger partial charge in [-0.2, -0.15) is 4.98 Å². The van der Waals surface area contributed by atoms with Crippen molar-refractivity contribution < 1.29 is 29.1 Å². The van der Waals surface area contributed by atoms with Gasteiger partial charge in [-0.25, -0.2) is 4.98 Å². The number of aliphatic hydroxyl groups is 3. The van der Waals surface area contributed by atoms with Crippen molar-refractivity contribution in [3.63, 3.8) is 0 Å². The van der Waals surface area contributed by atoms with Gasteiger partial charge in [0, 0.05) is 26.3 Å². The highest BCUT2D eigenvalue weighted by molar-refractivity contribution is 7.40. The predicted octanol–water partition coefficient (Wildman–Crippen LogP) is 1.55. The van der Waals surface area contributed by atoms with Crippen molar-refractivity contribution in [2.45, 2.75) is 95.3 Å². The first kappa shape index (κ1) is 26.7. The van der Waals surface area contributed by atoms with E-state index in [4.69, 9.17) is 15.0 Å². The quantitative estimate of drug-likeness (QED) is 0.350. The van der Waals surface area contributed by atoms with Crippen LogP contribution in [0.25, 0.3) is 11.2 Å². The molecule has 0 bridgehead atoms. The Bertz CT molecular complexity index is 1100. The summed E-state index contributed by atoms with van der Waals surface area (Å²) in [5.41, 5.74) is 4.60. The Balaban J connectivity index is 1.89. The Labute approximate surface area is 198 Å². The highest BCUT2D eigenvalue weighted by Crippen LogP contribution is 2.49. The zero-order valence-electron chi connectivity index (χ0n) is 20.2. The van der Waals surface area contributed by atoms with Crippen molar-refractivity contribution in [2.24, 2.45) is 7.05 Å². The fourth-order valence-electron chi connectivity index (χ4n) is 4.22. The maximum absolute atomic E-state index is 12.9. The van der Waals surface area contributed by atoms with Crippen molar-refractivity contribution in [2.75, 3.05) is 5.73 Å². The van der Waals surface area contributed by atoms with Gasteiger partial charge in [-0.15, -0.1) is 4.52 Å². The lowest BCUT2D eigenvalue weighted by Gasteiger charge is -2.30. The molecule has 5 N–H and O–H groups in total. The minimum atomic E-state index is -2.42. The standard InChI is InChI=1S/C21H34N5O7P/c1-6-20(7-2,33-34(31)21(30,8-3)9-4)10-12-14(27)15(28)18(32-12)26-11-23-13-16(26)24-19(22)25(5)17(13)29/h11-12,14-15,18,27-28,30H,6-10H2,1-5H3,(H-,22,24,29)/p+1/t12-,14-,15-,18?/m1/s1. The molecule has 5 atom stereocenters. The van der Waals surface area contributed by atoms with E-state index in [0.717, 1.165) is 4.57 Å². The van der Waals surface area contributed by atoms with Crippen LogP contribution >= 0.6 is 8.03 Å². The smallest absolute Gasteiger partial charge is 0.388 e. The van der Waals surface area contributed by atoms with Gasteiger partial charge in [-0.3, -0.25) is 13.9 Å². The maximum Gasteiger partial charge on any atom is 0.544 e. The summed E-state index contributed by atoms with van der Waals surface area (Å²) in [5.74, 6) is -0.0312. The minimum absolute atomic E-state index is 0.0312. The maximum atomic E-state index is 12.9. The van der Waals surface area contributed by atoms with Crippen LogP contribution in [0.3, 0.4) is 0 Å². The van der Waals surface area contributed by atoms with E-state index in [1.807, 2.05) is 13.8 Å². The molecule has 0 aromatic carbocycles. The molecule has 2 unspecified atom stereocenters. The van der Waals surface area contributed by atoms with Gasteiger partial charge in [-0.1, -0.05) is 27.7 Å². The molecule has 190 valence electrons. The first-order valence-electron chi connectivity index (χ1n) is 11.6. The number of anilines is 1. The summed E-state index contributed by atoms with van der Waals surface area (Å²) in [6.45, 7) is 7.22. The fourth-order valence-corrected chi connectivity index (χ4v) is 5.59. The van der Waals surface area contributed by atoms with E-state index in [2.05, 4.69) is 9.97 Å². The fraction of sp³-hybridized carbons (Fsp3) is 0.762. The van der Waals surface area contributed by atoms with E-state index in [0.29, 0.717) is 12.8 Å². The van der Waals surface area contributed by atoms with Gasteiger partial charge in [0.05, 0.1) is 12.4 Å². The number of hydrogen-bond donors (Lipinski definition) is 4. The van der Waals surface area contributed by atoms with E-state index < -0.39 is 49.1 Å². The van der Waals surface area contributed by atoms with Crippen molar-refractivity contribution >= 4 is 25.1 Å². The van der Waals surface area contributed by atoms with Gasteiger partial charge in [0.15, 0.2) is 17.4 Å². The van der Waals surface area contributed by atoms with Crippen LogP contribution in [0.1, 0.15) is 66.0 Å². The number of nitrogens with two attached hydrogens (primary N) is 1. The van der Waals surface area contributed by atoms with Crippen LogP contribution in [0, 0.1) is 0 Å². The molecule has 2 aromatic heterocycles. The molecule has 13 heteroatoms. The monoisotopic (exact) mass is 500 g/mol. The number of ether oxygens (including phenoxy) is 1. The highest BCUT2D eigenvalue weighted by atomic mass is 31.1. The molecule has 1 aliphatic rings. The number of rotatable bonds is 10. The average molecular weight is 501 g/mol. The molecule has 1 aliphatic heterocycles. The van der Waals surface area contributed by atoms with E-state index in [1.165, 1.54) is 17.9 Å². The molecule has 0 saturated carbocycles. The predicted molar refractivity (Wildman–Crippen MR) is 125 cm³/mol. The third kappa shape index (κ3) is 4.50. The summed E-state index contributed by atoms with van der Waals surface area (Å²) in [7, 11) is -0.949. The van der Waals surface area contributed by atoms with Crippen molar-refractivity contribution in [1.82, 2.24) is 19.1 Å². The molecule has 0 aliphatic carbocycles. The van der Waals surface area contributed by atoms with Crippen LogP contribution < -0.4 is 11.3 Å². The lowest BCUT2D eigenvalue weighted by Crippen LogP contribution is -2.40. The Morgan fingerprint density at radius 2 is 1.79 bits per heavy atom. The Hall–Kier alpha value is -1.95. The van der Waals surface area contributed by atoms with E-state index in [9.17, 15) is 24.7 Å². The number of aromatic nitrogens is 4. The van der Waals surface area contributed by atoms with Gasteiger partial charge in [0.25, 0.3) is 10.9 Å². The molecule has 0 amide bonds. The summed E-state index contributed by atoms with van der Waals surface area (Å²) < 4.78 is 27.4. The molecule has 0 radical (unpaired) electrons. The third-order valence-corrected chi connectivity index (χ3v) is 8.93. The molecule has 1 fully saturated rings. The number of nitrogens with zero attached hydrogens (tertiary/aromatic N) is 4. The van der Waals surface area contributed by atoms with Gasteiger partial charge in [0.1, 0.15) is 17.8 Å². The van der Waals surface area contributed by atoms with Crippen LogP contribution in [0.4, 0.5) is 5.95 Å². The summed E-state index contributed by atoms with van der Waals surface area (Å²) in [4.78, 5) is 20.7. The number of nitrogen functional groups attached to an aromatic ring is 1. The molecule has 0 spiro atoms.